The monoisotopic (exact) mass is 462 g/mol. The number of anilines is 2. The van der Waals surface area contributed by atoms with E-state index in [0.29, 0.717) is 31.9 Å². The van der Waals surface area contributed by atoms with E-state index in [4.69, 9.17) is 0 Å². The fourth-order valence-corrected chi connectivity index (χ4v) is 3.46. The van der Waals surface area contributed by atoms with Crippen LogP contribution >= 0.6 is 15.9 Å². The van der Waals surface area contributed by atoms with Crippen molar-refractivity contribution in [3.8, 4) is 0 Å². The predicted octanol–water partition coefficient (Wildman–Crippen LogP) is 3.17. The summed E-state index contributed by atoms with van der Waals surface area (Å²) in [5.41, 5.74) is 1.34. The summed E-state index contributed by atoms with van der Waals surface area (Å²) in [6, 6.07) is 12.9. The van der Waals surface area contributed by atoms with Gasteiger partial charge in [-0.2, -0.15) is 0 Å². The molecule has 154 valence electrons. The zero-order valence-electron chi connectivity index (χ0n) is 16.2. The lowest BCUT2D eigenvalue weighted by molar-refractivity contribution is -0.122. The van der Waals surface area contributed by atoms with Crippen LogP contribution in [0.5, 0.6) is 0 Å². The number of carbonyl (C=O) groups excluding carboxylic acids is 2. The maximum atomic E-state index is 12.9. The van der Waals surface area contributed by atoms with Crippen LogP contribution in [0.2, 0.25) is 0 Å². The van der Waals surface area contributed by atoms with Crippen molar-refractivity contribution in [3.05, 3.63) is 58.8 Å². The molecule has 0 radical (unpaired) electrons. The molecule has 1 heterocycles. The van der Waals surface area contributed by atoms with Crippen LogP contribution in [0.1, 0.15) is 6.92 Å². The third-order valence-corrected chi connectivity index (χ3v) is 5.47. The van der Waals surface area contributed by atoms with E-state index in [1.54, 1.807) is 0 Å². The molecule has 0 aromatic heterocycles. The molecule has 3 rings (SSSR count). The van der Waals surface area contributed by atoms with Crippen molar-refractivity contribution in [1.82, 2.24) is 9.80 Å². The van der Waals surface area contributed by atoms with Gasteiger partial charge in [-0.05, 0) is 55.5 Å². The molecular weight excluding hydrogens is 439 g/mol. The number of piperazine rings is 1. The van der Waals surface area contributed by atoms with Crippen LogP contribution in [-0.2, 0) is 9.59 Å². The number of rotatable bonds is 6. The second kappa shape index (κ2) is 9.96. The number of hydrogen-bond acceptors (Lipinski definition) is 4. The van der Waals surface area contributed by atoms with E-state index in [9.17, 15) is 14.0 Å². The van der Waals surface area contributed by atoms with Crippen LogP contribution in [0.4, 0.5) is 15.8 Å². The van der Waals surface area contributed by atoms with E-state index < -0.39 is 0 Å². The summed E-state index contributed by atoms with van der Waals surface area (Å²) in [6.45, 7) is 4.98. The van der Waals surface area contributed by atoms with Gasteiger partial charge in [-0.1, -0.05) is 15.9 Å². The molecular formula is C21H24BrFN4O2. The quantitative estimate of drug-likeness (QED) is 0.691. The second-order valence-electron chi connectivity index (χ2n) is 7.04. The zero-order valence-corrected chi connectivity index (χ0v) is 17.8. The van der Waals surface area contributed by atoms with Gasteiger partial charge in [-0.25, -0.2) is 4.39 Å². The fourth-order valence-electron chi connectivity index (χ4n) is 3.19. The molecule has 1 fully saturated rings. The maximum absolute atomic E-state index is 12.9. The molecule has 2 amide bonds. The minimum absolute atomic E-state index is 0.0465. The van der Waals surface area contributed by atoms with Gasteiger partial charge in [0, 0.05) is 42.0 Å². The minimum atomic E-state index is -0.336. The van der Waals surface area contributed by atoms with Crippen molar-refractivity contribution >= 4 is 39.1 Å². The lowest BCUT2D eigenvalue weighted by Gasteiger charge is -2.37. The zero-order chi connectivity index (χ0) is 20.8. The maximum Gasteiger partial charge on any atom is 0.241 e. The van der Waals surface area contributed by atoms with Crippen molar-refractivity contribution in [3.63, 3.8) is 0 Å². The molecule has 6 nitrogen and oxygen atoms in total. The molecule has 2 N–H and O–H groups in total. The number of benzene rings is 2. The highest BCUT2D eigenvalue weighted by Crippen LogP contribution is 2.15. The number of carbonyl (C=O) groups is 2. The molecule has 1 aliphatic heterocycles. The summed E-state index contributed by atoms with van der Waals surface area (Å²) in [4.78, 5) is 28.9. The van der Waals surface area contributed by atoms with Gasteiger partial charge in [0.15, 0.2) is 0 Å². The Kier molecular flexibility index (Phi) is 7.35. The van der Waals surface area contributed by atoms with Crippen LogP contribution in [-0.4, -0.2) is 60.4 Å². The van der Waals surface area contributed by atoms with Crippen LogP contribution in [0.3, 0.4) is 0 Å². The molecule has 2 aromatic carbocycles. The van der Waals surface area contributed by atoms with Crippen LogP contribution in [0, 0.1) is 5.82 Å². The van der Waals surface area contributed by atoms with E-state index in [2.05, 4.69) is 36.4 Å². The SMILES string of the molecule is CC(C(=O)Nc1ccc(Br)cc1)N1CCN(CC(=O)Nc2ccc(F)cc2)CC1. The normalized spacial score (nSPS) is 16.2. The first-order chi connectivity index (χ1) is 13.9. The summed E-state index contributed by atoms with van der Waals surface area (Å²) < 4.78 is 13.9. The van der Waals surface area contributed by atoms with Gasteiger partial charge in [0.1, 0.15) is 5.82 Å². The molecule has 1 atom stereocenters. The van der Waals surface area contributed by atoms with Gasteiger partial charge in [-0.15, -0.1) is 0 Å². The number of nitrogens with one attached hydrogen (secondary N) is 2. The molecule has 2 aromatic rings. The highest BCUT2D eigenvalue weighted by molar-refractivity contribution is 9.10. The third kappa shape index (κ3) is 6.35. The number of nitrogens with zero attached hydrogens (tertiary/aromatic N) is 2. The summed E-state index contributed by atoms with van der Waals surface area (Å²) >= 11 is 3.38. The Bertz CT molecular complexity index is 837. The Morgan fingerprint density at radius 2 is 1.52 bits per heavy atom. The summed E-state index contributed by atoms with van der Waals surface area (Å²) in [5.74, 6) is -0.515. The third-order valence-electron chi connectivity index (χ3n) is 4.94. The topological polar surface area (TPSA) is 64.7 Å². The minimum Gasteiger partial charge on any atom is -0.325 e. The molecule has 0 bridgehead atoms. The Labute approximate surface area is 178 Å². The molecule has 8 heteroatoms. The van der Waals surface area contributed by atoms with E-state index in [0.717, 1.165) is 10.2 Å². The lowest BCUT2D eigenvalue weighted by Crippen LogP contribution is -2.53. The summed E-state index contributed by atoms with van der Waals surface area (Å²) in [5, 5.41) is 5.71. The van der Waals surface area contributed by atoms with Crippen molar-refractivity contribution in [2.24, 2.45) is 0 Å². The van der Waals surface area contributed by atoms with Gasteiger partial charge >= 0.3 is 0 Å². The van der Waals surface area contributed by atoms with Crippen molar-refractivity contribution in [2.45, 2.75) is 13.0 Å². The first kappa shape index (κ1) is 21.4. The highest BCUT2D eigenvalue weighted by Gasteiger charge is 2.26. The van der Waals surface area contributed by atoms with Crippen LogP contribution in [0.15, 0.2) is 53.0 Å². The van der Waals surface area contributed by atoms with Crippen molar-refractivity contribution in [2.75, 3.05) is 43.4 Å². The lowest BCUT2D eigenvalue weighted by atomic mass is 10.2. The fraction of sp³-hybridized carbons (Fsp3) is 0.333. The van der Waals surface area contributed by atoms with E-state index >= 15 is 0 Å². The first-order valence-electron chi connectivity index (χ1n) is 9.49. The molecule has 1 aliphatic rings. The van der Waals surface area contributed by atoms with Gasteiger partial charge < -0.3 is 10.6 Å². The van der Waals surface area contributed by atoms with Gasteiger partial charge in [0.25, 0.3) is 0 Å². The summed E-state index contributed by atoms with van der Waals surface area (Å²) in [7, 11) is 0. The smallest absolute Gasteiger partial charge is 0.241 e. The Morgan fingerprint density at radius 3 is 2.14 bits per heavy atom. The second-order valence-corrected chi connectivity index (χ2v) is 7.95. The average Bonchev–Trinajstić information content (AvgIpc) is 2.71. The molecule has 0 saturated carbocycles. The summed E-state index contributed by atoms with van der Waals surface area (Å²) in [6.07, 6.45) is 0. The van der Waals surface area contributed by atoms with Crippen molar-refractivity contribution < 1.29 is 14.0 Å². The van der Waals surface area contributed by atoms with Gasteiger partial charge in [0.2, 0.25) is 11.8 Å². The van der Waals surface area contributed by atoms with E-state index in [-0.39, 0.29) is 30.2 Å². The largest absolute Gasteiger partial charge is 0.325 e. The highest BCUT2D eigenvalue weighted by atomic mass is 79.9. The molecule has 0 aliphatic carbocycles. The molecule has 0 spiro atoms. The number of hydrogen-bond donors (Lipinski definition) is 2. The van der Waals surface area contributed by atoms with Gasteiger partial charge in [0.05, 0.1) is 12.6 Å². The van der Waals surface area contributed by atoms with Crippen molar-refractivity contribution in [1.29, 1.82) is 0 Å². The average molecular weight is 463 g/mol. The first-order valence-corrected chi connectivity index (χ1v) is 10.3. The standard InChI is InChI=1S/C21H24BrFN4O2/c1-15(21(29)25-19-6-2-16(22)3-7-19)27-12-10-26(11-13-27)14-20(28)24-18-8-4-17(23)5-9-18/h2-9,15H,10-14H2,1H3,(H,24,28)(H,25,29). The Hall–Kier alpha value is -2.29. The molecule has 29 heavy (non-hydrogen) atoms. The van der Waals surface area contributed by atoms with Crippen LogP contribution < -0.4 is 10.6 Å². The van der Waals surface area contributed by atoms with E-state index in [1.807, 2.05) is 31.2 Å². The molecule has 1 saturated heterocycles. The van der Waals surface area contributed by atoms with E-state index in [1.165, 1.54) is 24.3 Å². The predicted molar refractivity (Wildman–Crippen MR) is 115 cm³/mol. The van der Waals surface area contributed by atoms with Gasteiger partial charge in [-0.3, -0.25) is 19.4 Å². The molecule has 1 unspecified atom stereocenters. The Balaban J connectivity index is 1.43. The number of amides is 2. The Morgan fingerprint density at radius 1 is 0.966 bits per heavy atom. The van der Waals surface area contributed by atoms with Crippen LogP contribution in [0.25, 0.3) is 0 Å². The number of halogens is 2.